The number of hydrogen-bond acceptors (Lipinski definition) is 6. The zero-order valence-corrected chi connectivity index (χ0v) is 9.52. The van der Waals surface area contributed by atoms with Gasteiger partial charge in [0.15, 0.2) is 0 Å². The summed E-state index contributed by atoms with van der Waals surface area (Å²) in [5, 5.41) is 19.1. The fourth-order valence-corrected chi connectivity index (χ4v) is 0.371. The SMILES string of the molecule is COCCC(=O)[O-].COCCC(=O)[O-].[Cu+2]. The van der Waals surface area contributed by atoms with E-state index in [2.05, 4.69) is 9.47 Å². The average molecular weight is 270 g/mol. The predicted octanol–water partition coefficient (Wildman–Crippen LogP) is -2.46. The van der Waals surface area contributed by atoms with Crippen LogP contribution in [0.1, 0.15) is 12.8 Å². The monoisotopic (exact) mass is 269 g/mol. The minimum Gasteiger partial charge on any atom is -0.550 e. The Morgan fingerprint density at radius 2 is 1.20 bits per heavy atom. The molecule has 0 N–H and O–H groups in total. The molecule has 0 atom stereocenters. The second-order valence-corrected chi connectivity index (χ2v) is 2.23. The summed E-state index contributed by atoms with van der Waals surface area (Å²) in [7, 11) is 2.89. The van der Waals surface area contributed by atoms with Gasteiger partial charge in [-0.2, -0.15) is 0 Å². The number of rotatable bonds is 6. The molecular formula is C8H14CuO6. The van der Waals surface area contributed by atoms with Crippen molar-refractivity contribution >= 4 is 11.9 Å². The molecule has 15 heavy (non-hydrogen) atoms. The zero-order valence-electron chi connectivity index (χ0n) is 8.58. The molecule has 93 valence electrons. The number of methoxy groups -OCH3 is 2. The van der Waals surface area contributed by atoms with Crippen molar-refractivity contribution in [2.75, 3.05) is 27.4 Å². The third-order valence-electron chi connectivity index (χ3n) is 1.02. The smallest absolute Gasteiger partial charge is 0.550 e. The fraction of sp³-hybridized carbons (Fsp3) is 0.750. The number of hydrogen-bond donors (Lipinski definition) is 0. The van der Waals surface area contributed by atoms with E-state index in [0.717, 1.165) is 0 Å². The molecule has 0 bridgehead atoms. The van der Waals surface area contributed by atoms with E-state index < -0.39 is 11.9 Å². The fourth-order valence-electron chi connectivity index (χ4n) is 0.371. The molecule has 0 aromatic rings. The molecule has 0 spiro atoms. The van der Waals surface area contributed by atoms with E-state index in [1.165, 1.54) is 14.2 Å². The molecule has 1 radical (unpaired) electrons. The van der Waals surface area contributed by atoms with Crippen molar-refractivity contribution in [3.8, 4) is 0 Å². The summed E-state index contributed by atoms with van der Waals surface area (Å²) < 4.78 is 8.86. The first kappa shape index (κ1) is 19.9. The molecule has 0 aliphatic carbocycles. The molecule has 0 saturated carbocycles. The van der Waals surface area contributed by atoms with Crippen LogP contribution in [0.25, 0.3) is 0 Å². The van der Waals surface area contributed by atoms with E-state index >= 15 is 0 Å². The first-order valence-electron chi connectivity index (χ1n) is 3.92. The van der Waals surface area contributed by atoms with Crippen LogP contribution in [-0.4, -0.2) is 39.4 Å². The van der Waals surface area contributed by atoms with E-state index in [4.69, 9.17) is 0 Å². The Bertz CT molecular complexity index is 143. The molecule has 0 rings (SSSR count). The summed E-state index contributed by atoms with van der Waals surface area (Å²) in [5.74, 6) is -2.14. The number of ether oxygens (including phenoxy) is 2. The van der Waals surface area contributed by atoms with Gasteiger partial charge in [0.2, 0.25) is 0 Å². The Balaban J connectivity index is -0.000000180. The Labute approximate surface area is 99.0 Å². The van der Waals surface area contributed by atoms with Crippen molar-refractivity contribution in [3.05, 3.63) is 0 Å². The van der Waals surface area contributed by atoms with Gasteiger partial charge in [0, 0.05) is 39.0 Å². The third-order valence-corrected chi connectivity index (χ3v) is 1.02. The minimum absolute atomic E-state index is 0. The van der Waals surface area contributed by atoms with Gasteiger partial charge in [-0.05, 0) is 0 Å². The molecule has 7 heteroatoms. The molecule has 0 amide bonds. The van der Waals surface area contributed by atoms with Crippen LogP contribution in [0.3, 0.4) is 0 Å². The van der Waals surface area contributed by atoms with Gasteiger partial charge >= 0.3 is 17.1 Å². The van der Waals surface area contributed by atoms with Gasteiger partial charge in [-0.1, -0.05) is 0 Å². The molecule has 0 fully saturated rings. The van der Waals surface area contributed by atoms with Crippen molar-refractivity contribution < 1.29 is 46.3 Å². The largest absolute Gasteiger partial charge is 2.00 e. The Morgan fingerprint density at radius 1 is 0.933 bits per heavy atom. The summed E-state index contributed by atoms with van der Waals surface area (Å²) in [4.78, 5) is 19.1. The number of aliphatic carboxylic acids is 2. The van der Waals surface area contributed by atoms with Crippen molar-refractivity contribution in [1.29, 1.82) is 0 Å². The summed E-state index contributed by atoms with van der Waals surface area (Å²) >= 11 is 0. The van der Waals surface area contributed by atoms with Crippen molar-refractivity contribution in [2.24, 2.45) is 0 Å². The molecule has 0 aromatic heterocycles. The molecule has 0 aliphatic rings. The molecule has 0 saturated heterocycles. The molecule has 0 heterocycles. The van der Waals surface area contributed by atoms with Crippen LogP contribution in [0.15, 0.2) is 0 Å². The molecule has 0 aromatic carbocycles. The van der Waals surface area contributed by atoms with Crippen LogP contribution in [0, 0.1) is 0 Å². The molecular weight excluding hydrogens is 256 g/mol. The quantitative estimate of drug-likeness (QED) is 0.496. The van der Waals surface area contributed by atoms with E-state index in [9.17, 15) is 19.8 Å². The van der Waals surface area contributed by atoms with E-state index in [1.807, 2.05) is 0 Å². The maximum absolute atomic E-state index is 9.57. The van der Waals surface area contributed by atoms with Gasteiger partial charge in [-0.15, -0.1) is 0 Å². The van der Waals surface area contributed by atoms with Crippen LogP contribution >= 0.6 is 0 Å². The van der Waals surface area contributed by atoms with Gasteiger partial charge in [-0.3, -0.25) is 0 Å². The van der Waals surface area contributed by atoms with Crippen LogP contribution in [-0.2, 0) is 36.1 Å². The van der Waals surface area contributed by atoms with Gasteiger partial charge < -0.3 is 29.3 Å². The standard InChI is InChI=1S/2C4H8O3.Cu/c2*1-7-3-2-4(5)6;/h2*2-3H2,1H3,(H,5,6);/q;;+2/p-2. The van der Waals surface area contributed by atoms with Gasteiger partial charge in [-0.25, -0.2) is 0 Å². The molecule has 0 unspecified atom stereocenters. The van der Waals surface area contributed by atoms with Crippen LogP contribution in [0.5, 0.6) is 0 Å². The Kier molecular flexibility index (Phi) is 21.0. The van der Waals surface area contributed by atoms with Gasteiger partial charge in [0.1, 0.15) is 0 Å². The first-order valence-corrected chi connectivity index (χ1v) is 3.92. The van der Waals surface area contributed by atoms with Gasteiger partial charge in [0.25, 0.3) is 0 Å². The third kappa shape index (κ3) is 31.8. The second-order valence-electron chi connectivity index (χ2n) is 2.23. The number of carbonyl (C=O) groups excluding carboxylic acids is 2. The minimum atomic E-state index is -1.07. The Hall–Kier alpha value is -0.621. The molecule has 6 nitrogen and oxygen atoms in total. The molecule has 0 aliphatic heterocycles. The van der Waals surface area contributed by atoms with Crippen LogP contribution < -0.4 is 10.2 Å². The Morgan fingerprint density at radius 3 is 1.27 bits per heavy atom. The van der Waals surface area contributed by atoms with Crippen LogP contribution in [0.4, 0.5) is 0 Å². The number of carboxylic acid groups (broad SMARTS) is 2. The predicted molar refractivity (Wildman–Crippen MR) is 43.0 cm³/mol. The van der Waals surface area contributed by atoms with E-state index in [-0.39, 0.29) is 43.1 Å². The number of carbonyl (C=O) groups is 2. The maximum Gasteiger partial charge on any atom is 2.00 e. The van der Waals surface area contributed by atoms with E-state index in [0.29, 0.717) is 0 Å². The topological polar surface area (TPSA) is 98.7 Å². The summed E-state index contributed by atoms with van der Waals surface area (Å²) in [5.41, 5.74) is 0. The second kappa shape index (κ2) is 15.8. The normalized spacial score (nSPS) is 8.13. The summed E-state index contributed by atoms with van der Waals surface area (Å²) in [6.07, 6.45) is -0.0347. The zero-order chi connectivity index (χ0) is 11.4. The first-order chi connectivity index (χ1) is 6.54. The maximum atomic E-state index is 9.57. The van der Waals surface area contributed by atoms with Crippen molar-refractivity contribution in [1.82, 2.24) is 0 Å². The van der Waals surface area contributed by atoms with Crippen LogP contribution in [0.2, 0.25) is 0 Å². The van der Waals surface area contributed by atoms with E-state index in [1.54, 1.807) is 0 Å². The van der Waals surface area contributed by atoms with Gasteiger partial charge in [0.05, 0.1) is 13.2 Å². The number of carboxylic acids is 2. The van der Waals surface area contributed by atoms with Crippen molar-refractivity contribution in [2.45, 2.75) is 12.8 Å². The summed E-state index contributed by atoms with van der Waals surface area (Å²) in [6, 6.07) is 0. The average Bonchev–Trinajstić information content (AvgIpc) is 2.12. The summed E-state index contributed by atoms with van der Waals surface area (Å²) in [6.45, 7) is 0.477. The van der Waals surface area contributed by atoms with Crippen molar-refractivity contribution in [3.63, 3.8) is 0 Å².